The van der Waals surface area contributed by atoms with E-state index in [1.807, 2.05) is 25.4 Å². The average Bonchev–Trinajstić information content (AvgIpc) is 3.20. The average molecular weight is 462 g/mol. The number of phenols is 1. The van der Waals surface area contributed by atoms with E-state index < -0.39 is 0 Å². The van der Waals surface area contributed by atoms with Crippen molar-refractivity contribution in [1.82, 2.24) is 25.3 Å². The predicted molar refractivity (Wildman–Crippen MR) is 131 cm³/mol. The summed E-state index contributed by atoms with van der Waals surface area (Å²) in [7, 11) is 4.00. The Labute approximate surface area is 199 Å². The second kappa shape index (κ2) is 8.56. The number of aryl methyl sites for hydroxylation is 1. The number of aromatic hydroxyl groups is 1. The molecule has 3 aliphatic heterocycles. The van der Waals surface area contributed by atoms with Gasteiger partial charge in [0, 0.05) is 62.6 Å². The summed E-state index contributed by atoms with van der Waals surface area (Å²) in [6.45, 7) is 3.50. The van der Waals surface area contributed by atoms with Crippen molar-refractivity contribution < 1.29 is 9.84 Å². The SMILES string of the molecule is CN1CCCN(C2CC3COC[C@@H](C2)N3)c2nnc(-c3ccc(-c4cnn(C)c4)cc3O)cc21. The second-order valence-corrected chi connectivity index (χ2v) is 9.76. The molecule has 9 heteroatoms. The fourth-order valence-corrected chi connectivity index (χ4v) is 5.61. The minimum atomic E-state index is 0.190. The molecule has 1 aromatic carbocycles. The molecule has 0 spiro atoms. The molecule has 3 atom stereocenters. The van der Waals surface area contributed by atoms with Crippen molar-refractivity contribution in [2.45, 2.75) is 37.4 Å². The quantitative estimate of drug-likeness (QED) is 0.615. The van der Waals surface area contributed by atoms with Crippen molar-refractivity contribution in [3.63, 3.8) is 0 Å². The summed E-state index contributed by atoms with van der Waals surface area (Å²) in [5.41, 5.74) is 4.31. The van der Waals surface area contributed by atoms with Gasteiger partial charge in [-0.05, 0) is 43.0 Å². The molecule has 2 fully saturated rings. The number of fused-ring (bicyclic) bond motifs is 3. The number of anilines is 2. The lowest BCUT2D eigenvalue weighted by molar-refractivity contribution is 0.0178. The molecule has 0 amide bonds. The van der Waals surface area contributed by atoms with Crippen LogP contribution in [0.2, 0.25) is 0 Å². The molecule has 2 unspecified atom stereocenters. The number of phenolic OH excluding ortho intramolecular Hbond substituents is 1. The summed E-state index contributed by atoms with van der Waals surface area (Å²) in [6, 6.07) is 8.99. The fraction of sp³-hybridized carbons (Fsp3) is 0.480. The van der Waals surface area contributed by atoms with Gasteiger partial charge in [-0.3, -0.25) is 4.68 Å². The van der Waals surface area contributed by atoms with Gasteiger partial charge in [0.15, 0.2) is 5.82 Å². The number of aromatic nitrogens is 4. The van der Waals surface area contributed by atoms with E-state index in [2.05, 4.69) is 38.4 Å². The Morgan fingerprint density at radius 1 is 1.03 bits per heavy atom. The summed E-state index contributed by atoms with van der Waals surface area (Å²) in [5.74, 6) is 1.14. The first kappa shape index (κ1) is 21.4. The second-order valence-electron chi connectivity index (χ2n) is 9.76. The third-order valence-corrected chi connectivity index (χ3v) is 7.31. The Hall–Kier alpha value is -3.17. The van der Waals surface area contributed by atoms with Gasteiger partial charge in [0.25, 0.3) is 0 Å². The molecule has 2 aromatic heterocycles. The molecule has 0 saturated carbocycles. The van der Waals surface area contributed by atoms with E-state index in [1.54, 1.807) is 16.9 Å². The Morgan fingerprint density at radius 3 is 2.59 bits per heavy atom. The van der Waals surface area contributed by atoms with Crippen molar-refractivity contribution in [2.24, 2.45) is 7.05 Å². The smallest absolute Gasteiger partial charge is 0.175 e. The van der Waals surface area contributed by atoms with Crippen LogP contribution in [0.25, 0.3) is 22.4 Å². The standard InChI is InChI=1S/C25H31N7O2/c1-30-6-3-7-32(20-9-18-14-34-15-19(10-20)27-18)25-23(30)11-22(28-29-25)21-5-4-16(8-24(21)33)17-12-26-31(2)13-17/h4-5,8,11-13,18-20,27,33H,3,6-7,9-10,14-15H2,1-2H3/t18-,19?,20?/m1/s1. The van der Waals surface area contributed by atoms with Crippen LogP contribution in [0.3, 0.4) is 0 Å². The summed E-state index contributed by atoms with van der Waals surface area (Å²) in [5, 5.41) is 28.1. The monoisotopic (exact) mass is 461 g/mol. The molecule has 9 nitrogen and oxygen atoms in total. The lowest BCUT2D eigenvalue weighted by Crippen LogP contribution is -2.59. The van der Waals surface area contributed by atoms with E-state index in [4.69, 9.17) is 9.84 Å². The summed E-state index contributed by atoms with van der Waals surface area (Å²) in [6.07, 6.45) is 6.91. The van der Waals surface area contributed by atoms with Crippen molar-refractivity contribution in [1.29, 1.82) is 0 Å². The minimum Gasteiger partial charge on any atom is -0.507 e. The van der Waals surface area contributed by atoms with Gasteiger partial charge in [-0.2, -0.15) is 5.10 Å². The molecule has 2 saturated heterocycles. The lowest BCUT2D eigenvalue weighted by Gasteiger charge is -2.44. The van der Waals surface area contributed by atoms with Gasteiger partial charge in [0.1, 0.15) is 5.75 Å². The highest BCUT2D eigenvalue weighted by molar-refractivity contribution is 5.78. The maximum atomic E-state index is 10.8. The van der Waals surface area contributed by atoms with Crippen LogP contribution in [0.5, 0.6) is 5.75 Å². The number of morpholine rings is 1. The molecule has 5 heterocycles. The Bertz CT molecular complexity index is 1180. The van der Waals surface area contributed by atoms with Crippen LogP contribution in [0, 0.1) is 0 Å². The van der Waals surface area contributed by atoms with Gasteiger partial charge in [0.05, 0.1) is 30.8 Å². The van der Waals surface area contributed by atoms with Crippen LogP contribution in [0.4, 0.5) is 11.5 Å². The Kier molecular flexibility index (Phi) is 5.38. The molecule has 3 aliphatic rings. The maximum absolute atomic E-state index is 10.8. The summed E-state index contributed by atoms with van der Waals surface area (Å²) >= 11 is 0. The van der Waals surface area contributed by atoms with Gasteiger partial charge in [-0.1, -0.05) is 6.07 Å². The number of nitrogens with zero attached hydrogens (tertiary/aromatic N) is 6. The molecule has 178 valence electrons. The van der Waals surface area contributed by atoms with Crippen LogP contribution in [0.15, 0.2) is 36.7 Å². The van der Waals surface area contributed by atoms with Gasteiger partial charge >= 0.3 is 0 Å². The molecular formula is C25H31N7O2. The first-order valence-electron chi connectivity index (χ1n) is 12.1. The van der Waals surface area contributed by atoms with E-state index in [-0.39, 0.29) is 5.75 Å². The van der Waals surface area contributed by atoms with Crippen LogP contribution in [-0.4, -0.2) is 76.6 Å². The fourth-order valence-electron chi connectivity index (χ4n) is 5.61. The molecule has 3 aromatic rings. The Morgan fingerprint density at radius 2 is 1.85 bits per heavy atom. The minimum absolute atomic E-state index is 0.190. The highest BCUT2D eigenvalue weighted by Gasteiger charge is 2.37. The number of benzene rings is 1. The molecule has 2 bridgehead atoms. The molecule has 0 radical (unpaired) electrons. The van der Waals surface area contributed by atoms with E-state index in [0.717, 1.165) is 68.2 Å². The number of piperidine rings is 1. The van der Waals surface area contributed by atoms with E-state index in [9.17, 15) is 5.11 Å². The van der Waals surface area contributed by atoms with Crippen molar-refractivity contribution in [2.75, 3.05) is 43.2 Å². The highest BCUT2D eigenvalue weighted by atomic mass is 16.5. The van der Waals surface area contributed by atoms with Crippen molar-refractivity contribution in [3.8, 4) is 28.1 Å². The summed E-state index contributed by atoms with van der Waals surface area (Å²) in [4.78, 5) is 4.73. The number of rotatable bonds is 3. The highest BCUT2D eigenvalue weighted by Crippen LogP contribution is 2.38. The van der Waals surface area contributed by atoms with Gasteiger partial charge < -0.3 is 25.0 Å². The zero-order valence-electron chi connectivity index (χ0n) is 19.7. The summed E-state index contributed by atoms with van der Waals surface area (Å²) < 4.78 is 7.50. The van der Waals surface area contributed by atoms with E-state index in [1.165, 1.54) is 0 Å². The van der Waals surface area contributed by atoms with E-state index in [0.29, 0.717) is 29.4 Å². The number of nitrogens with one attached hydrogen (secondary N) is 1. The lowest BCUT2D eigenvalue weighted by atomic mass is 9.91. The number of ether oxygens (including phenoxy) is 1. The number of hydrogen-bond donors (Lipinski definition) is 2. The molecule has 34 heavy (non-hydrogen) atoms. The van der Waals surface area contributed by atoms with E-state index >= 15 is 0 Å². The van der Waals surface area contributed by atoms with Crippen molar-refractivity contribution >= 4 is 11.5 Å². The molecule has 0 aliphatic carbocycles. The first-order valence-corrected chi connectivity index (χ1v) is 12.1. The third kappa shape index (κ3) is 3.88. The van der Waals surface area contributed by atoms with Gasteiger partial charge in [-0.25, -0.2) is 0 Å². The van der Waals surface area contributed by atoms with Crippen molar-refractivity contribution in [3.05, 3.63) is 36.7 Å². The third-order valence-electron chi connectivity index (χ3n) is 7.31. The Balaban J connectivity index is 1.33. The van der Waals surface area contributed by atoms with Crippen LogP contribution >= 0.6 is 0 Å². The van der Waals surface area contributed by atoms with Crippen LogP contribution in [0.1, 0.15) is 19.3 Å². The first-order chi connectivity index (χ1) is 16.5. The molecule has 6 rings (SSSR count). The molecule has 2 N–H and O–H groups in total. The predicted octanol–water partition coefficient (Wildman–Crippen LogP) is 2.42. The normalized spacial score (nSPS) is 24.6. The van der Waals surface area contributed by atoms with Gasteiger partial charge in [0.2, 0.25) is 0 Å². The maximum Gasteiger partial charge on any atom is 0.175 e. The largest absolute Gasteiger partial charge is 0.507 e. The molecular weight excluding hydrogens is 430 g/mol. The zero-order valence-corrected chi connectivity index (χ0v) is 19.7. The van der Waals surface area contributed by atoms with Crippen LogP contribution in [-0.2, 0) is 11.8 Å². The number of hydrogen-bond acceptors (Lipinski definition) is 8. The van der Waals surface area contributed by atoms with Crippen LogP contribution < -0.4 is 15.1 Å². The van der Waals surface area contributed by atoms with Gasteiger partial charge in [-0.15, -0.1) is 10.2 Å². The zero-order chi connectivity index (χ0) is 23.2. The topological polar surface area (TPSA) is 91.6 Å².